The summed E-state index contributed by atoms with van der Waals surface area (Å²) in [5.41, 5.74) is 3.46. The van der Waals surface area contributed by atoms with E-state index in [2.05, 4.69) is 34.1 Å². The third-order valence-corrected chi connectivity index (χ3v) is 11.8. The predicted molar refractivity (Wildman–Crippen MR) is 226 cm³/mol. The number of rotatable bonds is 14. The summed E-state index contributed by atoms with van der Waals surface area (Å²) in [4.78, 5) is 75.0. The van der Waals surface area contributed by atoms with E-state index in [0.717, 1.165) is 28.7 Å². The Morgan fingerprint density at radius 2 is 1.44 bits per heavy atom. The Hall–Kier alpha value is -4.51. The summed E-state index contributed by atoms with van der Waals surface area (Å²) in [6, 6.07) is 12.8. The van der Waals surface area contributed by atoms with Gasteiger partial charge in [0.05, 0.1) is 12.1 Å². The highest BCUT2D eigenvalue weighted by Crippen LogP contribution is 2.31. The van der Waals surface area contributed by atoms with E-state index in [0.29, 0.717) is 44.5 Å². The van der Waals surface area contributed by atoms with Crippen molar-refractivity contribution in [2.24, 2.45) is 11.3 Å². The summed E-state index contributed by atoms with van der Waals surface area (Å²) in [6.07, 6.45) is 4.33. The zero-order chi connectivity index (χ0) is 42.4. The molecular weight excluding hydrogens is 717 g/mol. The van der Waals surface area contributed by atoms with Crippen molar-refractivity contribution in [2.75, 3.05) is 27.2 Å². The van der Waals surface area contributed by atoms with Crippen molar-refractivity contribution in [1.82, 2.24) is 30.7 Å². The Morgan fingerprint density at radius 1 is 0.860 bits per heavy atom. The first-order valence-electron chi connectivity index (χ1n) is 20.6. The topological polar surface area (TPSA) is 131 Å². The maximum atomic E-state index is 14.5. The summed E-state index contributed by atoms with van der Waals surface area (Å²) in [5, 5.41) is 9.34. The first-order valence-corrected chi connectivity index (χ1v) is 20.6. The highest BCUT2D eigenvalue weighted by molar-refractivity contribution is 5.98. The number of amides is 5. The molecule has 2 heterocycles. The van der Waals surface area contributed by atoms with E-state index in [1.807, 2.05) is 98.7 Å². The van der Waals surface area contributed by atoms with E-state index < -0.39 is 41.0 Å². The Kier molecular flexibility index (Phi) is 14.9. The fraction of sp³-hybridized carbons (Fsp3) is 0.587. The van der Waals surface area contributed by atoms with Crippen molar-refractivity contribution in [3.05, 3.63) is 82.4 Å². The lowest BCUT2D eigenvalue weighted by atomic mass is 9.76. The molecule has 0 radical (unpaired) electrons. The van der Waals surface area contributed by atoms with Gasteiger partial charge in [0.15, 0.2) is 0 Å². The van der Waals surface area contributed by atoms with Gasteiger partial charge in [0, 0.05) is 37.7 Å². The molecule has 0 aliphatic carbocycles. The number of hydrogen-bond acceptors (Lipinski definition) is 6. The fourth-order valence-corrected chi connectivity index (χ4v) is 8.53. The van der Waals surface area contributed by atoms with Crippen LogP contribution in [0.3, 0.4) is 0 Å². The van der Waals surface area contributed by atoms with Crippen molar-refractivity contribution in [1.29, 1.82) is 0 Å². The van der Waals surface area contributed by atoms with Gasteiger partial charge in [0.25, 0.3) is 0 Å². The molecule has 2 fully saturated rings. The molecule has 5 amide bonds. The van der Waals surface area contributed by atoms with Gasteiger partial charge in [-0.15, -0.1) is 0 Å². The van der Waals surface area contributed by atoms with Crippen LogP contribution in [0.25, 0.3) is 0 Å². The minimum Gasteiger partial charge on any atom is -0.350 e. The standard InChI is InChI=1S/C46H68N6O5/c1-29(2)37(50(12)44(57)39(45(6,7)8)49-41(54)38(47-11)46(9,10)34-25-30(3)24-31(4)26-34)27-32(5)42(55)52-23-17-21-36(52)43(56)51-22-16-20-35(51)40(53)48-28-33-18-14-13-15-19-33/h13-15,18-19,24-27,29,35-39,47H,16-17,20-23,28H2,1-12H3,(H,48,53)(H,49,54)/b32-27+/t35-,36-,37+,38+,39+/m0/s1. The second-order valence-electron chi connectivity index (χ2n) is 18.2. The molecule has 11 nitrogen and oxygen atoms in total. The van der Waals surface area contributed by atoms with E-state index in [1.54, 1.807) is 35.7 Å². The summed E-state index contributed by atoms with van der Waals surface area (Å²) in [6.45, 7) is 21.0. The molecule has 4 rings (SSSR count). The van der Waals surface area contributed by atoms with Gasteiger partial charge in [-0.05, 0) is 76.0 Å². The summed E-state index contributed by atoms with van der Waals surface area (Å²) in [7, 11) is 3.49. The van der Waals surface area contributed by atoms with Crippen LogP contribution < -0.4 is 16.0 Å². The van der Waals surface area contributed by atoms with Crippen LogP contribution in [-0.4, -0.2) is 102 Å². The zero-order valence-electron chi connectivity index (χ0n) is 36.5. The Morgan fingerprint density at radius 3 is 2.00 bits per heavy atom. The van der Waals surface area contributed by atoms with Gasteiger partial charge < -0.3 is 30.7 Å². The van der Waals surface area contributed by atoms with Gasteiger partial charge in [-0.2, -0.15) is 0 Å². The van der Waals surface area contributed by atoms with Gasteiger partial charge in [0.1, 0.15) is 18.1 Å². The molecule has 57 heavy (non-hydrogen) atoms. The van der Waals surface area contributed by atoms with E-state index >= 15 is 0 Å². The van der Waals surface area contributed by atoms with Crippen LogP contribution in [0.1, 0.15) is 103 Å². The van der Waals surface area contributed by atoms with Crippen LogP contribution in [-0.2, 0) is 35.9 Å². The number of aryl methyl sites for hydroxylation is 2. The minimum atomic E-state index is -0.856. The average Bonchev–Trinajstić information content (AvgIpc) is 3.85. The molecule has 2 aliphatic rings. The quantitative estimate of drug-likeness (QED) is 0.219. The van der Waals surface area contributed by atoms with Crippen LogP contribution in [0.5, 0.6) is 0 Å². The Balaban J connectivity index is 1.49. The van der Waals surface area contributed by atoms with Crippen LogP contribution >= 0.6 is 0 Å². The fourth-order valence-electron chi connectivity index (χ4n) is 8.53. The summed E-state index contributed by atoms with van der Waals surface area (Å²) < 4.78 is 0. The molecule has 0 unspecified atom stereocenters. The normalized spacial score (nSPS) is 19.3. The van der Waals surface area contributed by atoms with Crippen LogP contribution in [0.2, 0.25) is 0 Å². The number of carbonyl (C=O) groups excluding carboxylic acids is 5. The molecule has 2 saturated heterocycles. The second kappa shape index (κ2) is 18.8. The molecule has 2 aliphatic heterocycles. The molecular formula is C46H68N6O5. The van der Waals surface area contributed by atoms with Gasteiger partial charge in [-0.1, -0.05) is 114 Å². The molecule has 312 valence electrons. The van der Waals surface area contributed by atoms with E-state index in [-0.39, 0.29) is 35.5 Å². The lowest BCUT2D eigenvalue weighted by Crippen LogP contribution is -2.61. The molecule has 0 saturated carbocycles. The van der Waals surface area contributed by atoms with Crippen molar-refractivity contribution >= 4 is 29.5 Å². The molecule has 0 bridgehead atoms. The van der Waals surface area contributed by atoms with Crippen LogP contribution in [0.15, 0.2) is 60.2 Å². The van der Waals surface area contributed by atoms with Crippen LogP contribution in [0.4, 0.5) is 0 Å². The minimum absolute atomic E-state index is 0.0673. The molecule has 0 spiro atoms. The number of hydrogen-bond donors (Lipinski definition) is 3. The lowest BCUT2D eigenvalue weighted by Gasteiger charge is -2.40. The maximum Gasteiger partial charge on any atom is 0.249 e. The number of carbonyl (C=O) groups is 5. The molecule has 3 N–H and O–H groups in total. The molecule has 5 atom stereocenters. The summed E-state index contributed by atoms with van der Waals surface area (Å²) >= 11 is 0. The smallest absolute Gasteiger partial charge is 0.249 e. The van der Waals surface area contributed by atoms with Gasteiger partial charge >= 0.3 is 0 Å². The highest BCUT2D eigenvalue weighted by Gasteiger charge is 2.44. The number of likely N-dealkylation sites (N-methyl/N-ethyl adjacent to an activating group) is 2. The second-order valence-corrected chi connectivity index (χ2v) is 18.2. The maximum absolute atomic E-state index is 14.5. The van der Waals surface area contributed by atoms with Crippen LogP contribution in [0, 0.1) is 25.2 Å². The SMILES string of the molecule is CN[C@H](C(=O)N[C@H](C(=O)N(C)[C@H](/C=C(\C)C(=O)N1CCC[C@H]1C(=O)N1CCC[C@H]1C(=O)NCc1ccccc1)C(C)C)C(C)(C)C)C(C)(C)c1cc(C)cc(C)c1. The molecule has 2 aromatic rings. The molecule has 11 heteroatoms. The average molecular weight is 785 g/mol. The van der Waals surface area contributed by atoms with E-state index in [9.17, 15) is 24.0 Å². The van der Waals surface area contributed by atoms with Gasteiger partial charge in [-0.25, -0.2) is 0 Å². The van der Waals surface area contributed by atoms with E-state index in [4.69, 9.17) is 0 Å². The Labute approximate surface area is 341 Å². The summed E-state index contributed by atoms with van der Waals surface area (Å²) in [5.74, 6) is -1.23. The zero-order valence-corrected chi connectivity index (χ0v) is 36.5. The van der Waals surface area contributed by atoms with Crippen molar-refractivity contribution < 1.29 is 24.0 Å². The molecule has 0 aromatic heterocycles. The predicted octanol–water partition coefficient (Wildman–Crippen LogP) is 5.43. The number of likely N-dealkylation sites (tertiary alicyclic amines) is 2. The monoisotopic (exact) mass is 785 g/mol. The van der Waals surface area contributed by atoms with Crippen molar-refractivity contribution in [2.45, 2.75) is 137 Å². The van der Waals surface area contributed by atoms with Gasteiger partial charge in [-0.3, -0.25) is 24.0 Å². The molecule has 2 aromatic carbocycles. The highest BCUT2D eigenvalue weighted by atomic mass is 16.2. The first kappa shape index (κ1) is 45.2. The lowest BCUT2D eigenvalue weighted by molar-refractivity contribution is -0.145. The number of benzene rings is 2. The van der Waals surface area contributed by atoms with Gasteiger partial charge in [0.2, 0.25) is 29.5 Å². The van der Waals surface area contributed by atoms with Crippen molar-refractivity contribution in [3.8, 4) is 0 Å². The third kappa shape index (κ3) is 10.7. The Bertz CT molecular complexity index is 1780. The third-order valence-electron chi connectivity index (χ3n) is 11.8. The van der Waals surface area contributed by atoms with E-state index in [1.165, 1.54) is 0 Å². The largest absolute Gasteiger partial charge is 0.350 e. The first-order chi connectivity index (χ1) is 26.7. The number of nitrogens with zero attached hydrogens (tertiary/aromatic N) is 3. The van der Waals surface area contributed by atoms with Crippen molar-refractivity contribution in [3.63, 3.8) is 0 Å². The number of nitrogens with one attached hydrogen (secondary N) is 3.